The molecule has 1 aromatic heterocycles. The molecule has 3 aromatic carbocycles. The van der Waals surface area contributed by atoms with E-state index >= 15 is 0 Å². The van der Waals surface area contributed by atoms with Gasteiger partial charge in [0.05, 0.1) is 11.4 Å². The fourth-order valence-corrected chi connectivity index (χ4v) is 3.68. The van der Waals surface area contributed by atoms with E-state index in [-0.39, 0.29) is 5.91 Å². The van der Waals surface area contributed by atoms with Crippen molar-refractivity contribution in [1.29, 1.82) is 0 Å². The summed E-state index contributed by atoms with van der Waals surface area (Å²) in [5, 5.41) is 17.5. The summed E-state index contributed by atoms with van der Waals surface area (Å²) in [6, 6.07) is 20.0. The highest BCUT2D eigenvalue weighted by Gasteiger charge is 2.20. The van der Waals surface area contributed by atoms with Crippen LogP contribution in [0.1, 0.15) is 5.56 Å². The molecule has 5 rings (SSSR count). The predicted molar refractivity (Wildman–Crippen MR) is 108 cm³/mol. The highest BCUT2D eigenvalue weighted by molar-refractivity contribution is 6.34. The van der Waals surface area contributed by atoms with Crippen LogP contribution in [-0.2, 0) is 11.2 Å². The third-order valence-corrected chi connectivity index (χ3v) is 5.15. The van der Waals surface area contributed by atoms with Gasteiger partial charge in [-0.05, 0) is 39.6 Å². The van der Waals surface area contributed by atoms with Crippen LogP contribution in [0.25, 0.3) is 33.6 Å². The lowest BCUT2D eigenvalue weighted by Gasteiger charge is -2.09. The molecule has 0 saturated carbocycles. The van der Waals surface area contributed by atoms with Crippen molar-refractivity contribution in [3.8, 4) is 33.6 Å². The smallest absolute Gasteiger partial charge is 0.228 e. The average molecular weight is 388 g/mol. The second-order valence-corrected chi connectivity index (χ2v) is 7.01. The van der Waals surface area contributed by atoms with Gasteiger partial charge in [0.25, 0.3) is 0 Å². The standard InChI is InChI=1S/C21H14ClN5O/c22-18-11-19-16(10-20(28)23-19)9-17(18)14-5-1-12(2-6-14)13-3-7-15(8-4-13)21-24-26-27-25-21/h1-9,11H,10H2,(H,23,28)(H,24,25,26,27). The zero-order valence-corrected chi connectivity index (χ0v) is 15.4. The number of carbonyl (C=O) groups is 1. The molecule has 0 unspecified atom stereocenters. The Bertz CT molecular complexity index is 1170. The number of hydrogen-bond acceptors (Lipinski definition) is 4. The van der Waals surface area contributed by atoms with Crippen LogP contribution in [0.4, 0.5) is 5.69 Å². The number of rotatable bonds is 3. The third kappa shape index (κ3) is 2.93. The lowest BCUT2D eigenvalue weighted by atomic mass is 9.98. The second kappa shape index (κ2) is 6.58. The predicted octanol–water partition coefficient (Wildman–Crippen LogP) is 4.35. The summed E-state index contributed by atoms with van der Waals surface area (Å²) in [5.41, 5.74) is 6.81. The normalized spacial score (nSPS) is 12.7. The third-order valence-electron chi connectivity index (χ3n) is 4.84. The van der Waals surface area contributed by atoms with Crippen LogP contribution >= 0.6 is 11.6 Å². The van der Waals surface area contributed by atoms with E-state index in [0.717, 1.165) is 39.1 Å². The molecule has 1 amide bonds. The first-order chi connectivity index (χ1) is 13.7. The Morgan fingerprint density at radius 3 is 2.14 bits per heavy atom. The van der Waals surface area contributed by atoms with Crippen LogP contribution in [0.3, 0.4) is 0 Å². The first-order valence-corrected chi connectivity index (χ1v) is 9.12. The number of aromatic amines is 1. The van der Waals surface area contributed by atoms with Crippen LogP contribution in [-0.4, -0.2) is 26.5 Å². The fraction of sp³-hybridized carbons (Fsp3) is 0.0476. The van der Waals surface area contributed by atoms with Crippen molar-refractivity contribution in [3.05, 3.63) is 71.2 Å². The molecule has 0 aliphatic carbocycles. The van der Waals surface area contributed by atoms with Gasteiger partial charge >= 0.3 is 0 Å². The molecule has 1 aliphatic rings. The number of nitrogens with one attached hydrogen (secondary N) is 2. The Balaban J connectivity index is 1.44. The number of H-pyrrole nitrogens is 1. The maximum atomic E-state index is 11.6. The van der Waals surface area contributed by atoms with Crippen molar-refractivity contribution < 1.29 is 4.79 Å². The number of fused-ring (bicyclic) bond motifs is 1. The molecule has 0 radical (unpaired) electrons. The number of aromatic nitrogens is 4. The van der Waals surface area contributed by atoms with Crippen LogP contribution in [0.5, 0.6) is 0 Å². The molecule has 2 N–H and O–H groups in total. The molecule has 0 fully saturated rings. The minimum absolute atomic E-state index is 0.00262. The highest BCUT2D eigenvalue weighted by atomic mass is 35.5. The van der Waals surface area contributed by atoms with Gasteiger partial charge < -0.3 is 5.32 Å². The quantitative estimate of drug-likeness (QED) is 0.547. The van der Waals surface area contributed by atoms with Crippen molar-refractivity contribution in [2.45, 2.75) is 6.42 Å². The lowest BCUT2D eigenvalue weighted by Crippen LogP contribution is -2.03. The molecule has 1 aliphatic heterocycles. The van der Waals surface area contributed by atoms with Gasteiger partial charge in [0, 0.05) is 16.8 Å². The minimum Gasteiger partial charge on any atom is -0.325 e. The summed E-state index contributed by atoms with van der Waals surface area (Å²) >= 11 is 6.44. The number of carbonyl (C=O) groups excluding carboxylic acids is 1. The lowest BCUT2D eigenvalue weighted by molar-refractivity contribution is -0.115. The van der Waals surface area contributed by atoms with E-state index in [1.807, 2.05) is 48.5 Å². The maximum Gasteiger partial charge on any atom is 0.228 e. The Labute approximate surface area is 165 Å². The summed E-state index contributed by atoms with van der Waals surface area (Å²) in [4.78, 5) is 11.6. The molecule has 0 saturated heterocycles. The SMILES string of the molecule is O=C1Cc2cc(-c3ccc(-c4ccc(-c5nn[nH]n5)cc4)cc3)c(Cl)cc2N1. The molecule has 28 heavy (non-hydrogen) atoms. The molecule has 0 atom stereocenters. The molecular formula is C21H14ClN5O. The van der Waals surface area contributed by atoms with Gasteiger partial charge in [0.1, 0.15) is 0 Å². The van der Waals surface area contributed by atoms with E-state index in [1.165, 1.54) is 0 Å². The average Bonchev–Trinajstić information content (AvgIpc) is 3.37. The van der Waals surface area contributed by atoms with E-state index in [0.29, 0.717) is 17.3 Å². The van der Waals surface area contributed by atoms with Crippen molar-refractivity contribution in [2.75, 3.05) is 5.32 Å². The highest BCUT2D eigenvalue weighted by Crippen LogP contribution is 2.36. The van der Waals surface area contributed by atoms with Crippen LogP contribution in [0, 0.1) is 0 Å². The second-order valence-electron chi connectivity index (χ2n) is 6.60. The van der Waals surface area contributed by atoms with E-state index in [2.05, 4.69) is 38.1 Å². The monoisotopic (exact) mass is 387 g/mol. The largest absolute Gasteiger partial charge is 0.325 e. The zero-order chi connectivity index (χ0) is 19.1. The van der Waals surface area contributed by atoms with Crippen molar-refractivity contribution in [2.24, 2.45) is 0 Å². The Kier molecular flexibility index (Phi) is 3.91. The van der Waals surface area contributed by atoms with Gasteiger partial charge in [-0.3, -0.25) is 4.79 Å². The van der Waals surface area contributed by atoms with E-state index in [1.54, 1.807) is 0 Å². The summed E-state index contributed by atoms with van der Waals surface area (Å²) in [6.07, 6.45) is 0.393. The number of benzene rings is 3. The topological polar surface area (TPSA) is 83.6 Å². The van der Waals surface area contributed by atoms with Gasteiger partial charge in [0.2, 0.25) is 11.7 Å². The molecule has 0 spiro atoms. The molecule has 136 valence electrons. The molecule has 7 heteroatoms. The molecule has 0 bridgehead atoms. The summed E-state index contributed by atoms with van der Waals surface area (Å²) in [5.74, 6) is 0.573. The van der Waals surface area contributed by atoms with E-state index in [9.17, 15) is 4.79 Å². The Morgan fingerprint density at radius 1 is 0.857 bits per heavy atom. The summed E-state index contributed by atoms with van der Waals surface area (Å²) in [7, 11) is 0. The van der Waals surface area contributed by atoms with Crippen LogP contribution in [0.2, 0.25) is 5.02 Å². The van der Waals surface area contributed by atoms with E-state index < -0.39 is 0 Å². The fourth-order valence-electron chi connectivity index (χ4n) is 3.41. The first-order valence-electron chi connectivity index (χ1n) is 8.74. The minimum atomic E-state index is 0.00262. The number of hydrogen-bond donors (Lipinski definition) is 2. The molecule has 2 heterocycles. The Morgan fingerprint density at radius 2 is 1.50 bits per heavy atom. The van der Waals surface area contributed by atoms with E-state index in [4.69, 9.17) is 11.6 Å². The summed E-state index contributed by atoms with van der Waals surface area (Å²) in [6.45, 7) is 0. The zero-order valence-electron chi connectivity index (χ0n) is 14.6. The van der Waals surface area contributed by atoms with Gasteiger partial charge in [-0.15, -0.1) is 10.2 Å². The van der Waals surface area contributed by atoms with Gasteiger partial charge in [-0.2, -0.15) is 5.21 Å². The number of tetrazole rings is 1. The number of halogens is 1. The van der Waals surface area contributed by atoms with Gasteiger partial charge in [-0.1, -0.05) is 60.1 Å². The van der Waals surface area contributed by atoms with Crippen molar-refractivity contribution in [1.82, 2.24) is 20.6 Å². The van der Waals surface area contributed by atoms with Crippen molar-refractivity contribution in [3.63, 3.8) is 0 Å². The molecule has 6 nitrogen and oxygen atoms in total. The summed E-state index contributed by atoms with van der Waals surface area (Å²) < 4.78 is 0. The maximum absolute atomic E-state index is 11.6. The Hall–Kier alpha value is -3.51. The number of nitrogens with zero attached hydrogens (tertiary/aromatic N) is 3. The van der Waals surface area contributed by atoms with Crippen molar-refractivity contribution >= 4 is 23.2 Å². The molecule has 4 aromatic rings. The molecular weight excluding hydrogens is 374 g/mol. The van der Waals surface area contributed by atoms with Crippen LogP contribution < -0.4 is 5.32 Å². The van der Waals surface area contributed by atoms with Crippen LogP contribution in [0.15, 0.2) is 60.7 Å². The van der Waals surface area contributed by atoms with Gasteiger partial charge in [0.15, 0.2) is 0 Å². The first kappa shape index (κ1) is 16.6. The number of amides is 1. The van der Waals surface area contributed by atoms with Gasteiger partial charge in [-0.25, -0.2) is 0 Å². The number of anilines is 1.